The van der Waals surface area contributed by atoms with Crippen LogP contribution >= 0.6 is 22.7 Å². The molecule has 0 bridgehead atoms. The van der Waals surface area contributed by atoms with Crippen LogP contribution in [0.2, 0.25) is 0 Å². The number of ether oxygens (including phenoxy) is 1. The molecule has 0 atom stereocenters. The third kappa shape index (κ3) is 3.46. The normalized spacial score (nSPS) is 13.3. The van der Waals surface area contributed by atoms with Gasteiger partial charge in [0.2, 0.25) is 0 Å². The third-order valence-corrected chi connectivity index (χ3v) is 6.91. The molecule has 0 unspecified atom stereocenters. The van der Waals surface area contributed by atoms with Crippen molar-refractivity contribution >= 4 is 50.5 Å². The zero-order valence-electron chi connectivity index (χ0n) is 16.1. The Balaban J connectivity index is 1.32. The van der Waals surface area contributed by atoms with Gasteiger partial charge in [-0.25, -0.2) is 4.98 Å². The molecule has 1 aliphatic rings. The molecule has 1 aliphatic heterocycles. The molecule has 0 radical (unpaired) electrons. The van der Waals surface area contributed by atoms with E-state index in [9.17, 15) is 9.59 Å². The number of nitrogens with one attached hydrogen (secondary N) is 2. The first-order chi connectivity index (χ1) is 14.6. The van der Waals surface area contributed by atoms with E-state index >= 15 is 0 Å². The van der Waals surface area contributed by atoms with Gasteiger partial charge in [-0.1, -0.05) is 17.4 Å². The van der Waals surface area contributed by atoms with Gasteiger partial charge in [0.05, 0.1) is 24.2 Å². The summed E-state index contributed by atoms with van der Waals surface area (Å²) in [4.78, 5) is 36.5. The van der Waals surface area contributed by atoms with Crippen molar-refractivity contribution in [1.82, 2.24) is 14.9 Å². The van der Waals surface area contributed by atoms with E-state index < -0.39 is 0 Å². The highest BCUT2D eigenvalue weighted by Gasteiger charge is 2.26. The van der Waals surface area contributed by atoms with Crippen LogP contribution in [-0.4, -0.2) is 40.3 Å². The minimum Gasteiger partial charge on any atom is -0.497 e. The second-order valence-electron chi connectivity index (χ2n) is 6.93. The van der Waals surface area contributed by atoms with E-state index in [-0.39, 0.29) is 11.8 Å². The maximum Gasteiger partial charge on any atom is 0.270 e. The number of anilines is 1. The average molecular weight is 439 g/mol. The second-order valence-corrected chi connectivity index (χ2v) is 8.96. The molecule has 4 aromatic rings. The molecule has 2 N–H and O–H groups in total. The minimum atomic E-state index is -0.155. The smallest absolute Gasteiger partial charge is 0.270 e. The van der Waals surface area contributed by atoms with Gasteiger partial charge >= 0.3 is 0 Å². The van der Waals surface area contributed by atoms with E-state index in [1.54, 1.807) is 13.2 Å². The number of thiophene rings is 1. The molecule has 7 nitrogen and oxygen atoms in total. The number of hydrogen-bond acceptors (Lipinski definition) is 6. The Kier molecular flexibility index (Phi) is 4.76. The number of benzene rings is 1. The molecular weight excluding hydrogens is 420 g/mol. The Morgan fingerprint density at radius 1 is 1.27 bits per heavy atom. The molecule has 2 amide bonds. The van der Waals surface area contributed by atoms with Crippen molar-refractivity contribution < 1.29 is 14.3 Å². The molecular formula is C21H18N4O3S2. The van der Waals surface area contributed by atoms with Crippen LogP contribution in [0.1, 0.15) is 30.7 Å². The number of nitrogens with zero attached hydrogens (tertiary/aromatic N) is 2. The van der Waals surface area contributed by atoms with Crippen LogP contribution in [0.5, 0.6) is 5.75 Å². The van der Waals surface area contributed by atoms with E-state index in [0.29, 0.717) is 35.2 Å². The van der Waals surface area contributed by atoms with Gasteiger partial charge in [0.15, 0.2) is 5.13 Å². The van der Waals surface area contributed by atoms with E-state index in [4.69, 9.17) is 4.74 Å². The van der Waals surface area contributed by atoms with E-state index in [1.807, 2.05) is 40.6 Å². The van der Waals surface area contributed by atoms with E-state index in [2.05, 4.69) is 15.3 Å². The quantitative estimate of drug-likeness (QED) is 0.501. The summed E-state index contributed by atoms with van der Waals surface area (Å²) >= 11 is 2.82. The van der Waals surface area contributed by atoms with Crippen LogP contribution in [0.3, 0.4) is 0 Å². The Morgan fingerprint density at radius 2 is 2.17 bits per heavy atom. The summed E-state index contributed by atoms with van der Waals surface area (Å²) in [5, 5.41) is 6.27. The van der Waals surface area contributed by atoms with Crippen LogP contribution in [0.25, 0.3) is 10.9 Å². The standard InChI is InChI=1S/C21H18N4O3S2/c1-28-13-5-4-12-9-16(22-15(12)10-13)20(27)25-7-6-14-18(11-25)30-21(23-14)24-19(26)17-3-2-8-29-17/h2-5,8-10,22H,6-7,11H2,1H3,(H,23,24,26). The van der Waals surface area contributed by atoms with Crippen molar-refractivity contribution in [3.63, 3.8) is 0 Å². The number of carbonyl (C=O) groups is 2. The molecule has 4 heterocycles. The Hall–Kier alpha value is -3.17. The van der Waals surface area contributed by atoms with Gasteiger partial charge in [0, 0.05) is 34.8 Å². The summed E-state index contributed by atoms with van der Waals surface area (Å²) in [5.41, 5.74) is 2.37. The first-order valence-corrected chi connectivity index (χ1v) is 11.1. The zero-order valence-corrected chi connectivity index (χ0v) is 17.7. The Labute approximate surface area is 180 Å². The fourth-order valence-corrected chi connectivity index (χ4v) is 5.15. The number of aromatic nitrogens is 2. The predicted molar refractivity (Wildman–Crippen MR) is 118 cm³/mol. The maximum atomic E-state index is 13.1. The van der Waals surface area contributed by atoms with Crippen LogP contribution < -0.4 is 10.1 Å². The second kappa shape index (κ2) is 7.58. The molecule has 0 saturated heterocycles. The lowest BCUT2D eigenvalue weighted by Crippen LogP contribution is -2.35. The lowest BCUT2D eigenvalue weighted by Gasteiger charge is -2.25. The number of rotatable bonds is 4. The molecule has 1 aromatic carbocycles. The van der Waals surface area contributed by atoms with Crippen LogP contribution in [0, 0.1) is 0 Å². The van der Waals surface area contributed by atoms with Crippen molar-refractivity contribution in [3.8, 4) is 5.75 Å². The minimum absolute atomic E-state index is 0.0478. The molecule has 5 rings (SSSR count). The summed E-state index contributed by atoms with van der Waals surface area (Å²) < 4.78 is 5.25. The van der Waals surface area contributed by atoms with Crippen molar-refractivity contribution in [2.45, 2.75) is 13.0 Å². The number of carbonyl (C=O) groups excluding carboxylic acids is 2. The van der Waals surface area contributed by atoms with Gasteiger partial charge in [-0.3, -0.25) is 14.9 Å². The van der Waals surface area contributed by atoms with Crippen molar-refractivity contribution in [2.75, 3.05) is 19.0 Å². The zero-order chi connectivity index (χ0) is 20.7. The summed E-state index contributed by atoms with van der Waals surface area (Å²) in [7, 11) is 1.62. The first-order valence-electron chi connectivity index (χ1n) is 9.40. The highest BCUT2D eigenvalue weighted by atomic mass is 32.1. The van der Waals surface area contributed by atoms with Crippen molar-refractivity contribution in [1.29, 1.82) is 0 Å². The lowest BCUT2D eigenvalue weighted by atomic mass is 10.1. The summed E-state index contributed by atoms with van der Waals surface area (Å²) in [5.74, 6) is 0.540. The van der Waals surface area contributed by atoms with Gasteiger partial charge in [-0.05, 0) is 29.6 Å². The van der Waals surface area contributed by atoms with Gasteiger partial charge in [-0.15, -0.1) is 11.3 Å². The topological polar surface area (TPSA) is 87.3 Å². The van der Waals surface area contributed by atoms with Gasteiger partial charge in [0.1, 0.15) is 11.4 Å². The molecule has 152 valence electrons. The fraction of sp³-hybridized carbons (Fsp3) is 0.190. The maximum absolute atomic E-state index is 13.1. The Bertz CT molecular complexity index is 1240. The van der Waals surface area contributed by atoms with Crippen molar-refractivity contribution in [2.24, 2.45) is 0 Å². The molecule has 9 heteroatoms. The van der Waals surface area contributed by atoms with Crippen LogP contribution in [0.15, 0.2) is 41.8 Å². The lowest BCUT2D eigenvalue weighted by molar-refractivity contribution is 0.0731. The van der Waals surface area contributed by atoms with E-state index in [1.165, 1.54) is 22.7 Å². The number of fused-ring (bicyclic) bond motifs is 2. The first kappa shape index (κ1) is 18.8. The summed E-state index contributed by atoms with van der Waals surface area (Å²) in [6, 6.07) is 11.2. The average Bonchev–Trinajstić information content (AvgIpc) is 3.50. The van der Waals surface area contributed by atoms with Crippen LogP contribution in [0.4, 0.5) is 5.13 Å². The van der Waals surface area contributed by atoms with Gasteiger partial charge < -0.3 is 14.6 Å². The highest BCUT2D eigenvalue weighted by molar-refractivity contribution is 7.16. The Morgan fingerprint density at radius 3 is 2.97 bits per heavy atom. The van der Waals surface area contributed by atoms with Gasteiger partial charge in [0.25, 0.3) is 11.8 Å². The molecule has 0 aliphatic carbocycles. The monoisotopic (exact) mass is 438 g/mol. The van der Waals surface area contributed by atoms with E-state index in [0.717, 1.165) is 27.2 Å². The number of aromatic amines is 1. The molecule has 0 spiro atoms. The SMILES string of the molecule is COc1ccc2cc(C(=O)N3CCc4nc(NC(=O)c5cccs5)sc4C3)[nH]c2c1. The molecule has 0 saturated carbocycles. The van der Waals surface area contributed by atoms with Gasteiger partial charge in [-0.2, -0.15) is 0 Å². The fourth-order valence-electron chi connectivity index (χ4n) is 3.51. The number of H-pyrrole nitrogens is 1. The number of thiazole rings is 1. The molecule has 3 aromatic heterocycles. The van der Waals surface area contributed by atoms with Crippen molar-refractivity contribution in [3.05, 3.63) is 62.9 Å². The highest BCUT2D eigenvalue weighted by Crippen LogP contribution is 2.30. The third-order valence-electron chi connectivity index (χ3n) is 5.04. The van der Waals surface area contributed by atoms with Crippen LogP contribution in [-0.2, 0) is 13.0 Å². The number of hydrogen-bond donors (Lipinski definition) is 2. The largest absolute Gasteiger partial charge is 0.497 e. The predicted octanol–water partition coefficient (Wildman–Crippen LogP) is 4.15. The molecule has 0 fully saturated rings. The number of methoxy groups -OCH3 is 1. The number of amides is 2. The molecule has 30 heavy (non-hydrogen) atoms. The summed E-state index contributed by atoms with van der Waals surface area (Å²) in [6.07, 6.45) is 0.667. The summed E-state index contributed by atoms with van der Waals surface area (Å²) in [6.45, 7) is 1.08.